The van der Waals surface area contributed by atoms with E-state index in [1.165, 1.54) is 11.1 Å². The van der Waals surface area contributed by atoms with Crippen LogP contribution in [0.3, 0.4) is 0 Å². The molecular formula is C29H36N6O2. The van der Waals surface area contributed by atoms with Crippen molar-refractivity contribution in [3.05, 3.63) is 86.5 Å². The summed E-state index contributed by atoms with van der Waals surface area (Å²) in [6.45, 7) is 11.0. The molecule has 1 aliphatic heterocycles. The van der Waals surface area contributed by atoms with Gasteiger partial charge in [-0.05, 0) is 79.3 Å². The van der Waals surface area contributed by atoms with E-state index in [9.17, 15) is 4.79 Å². The fraction of sp³-hybridized carbons (Fsp3) is 0.448. The van der Waals surface area contributed by atoms with Gasteiger partial charge in [-0.1, -0.05) is 42.8 Å². The molecular weight excluding hydrogens is 464 g/mol. The zero-order chi connectivity index (χ0) is 25.9. The van der Waals surface area contributed by atoms with E-state index in [0.29, 0.717) is 19.6 Å². The molecule has 0 radical (unpaired) electrons. The monoisotopic (exact) mass is 500 g/mol. The summed E-state index contributed by atoms with van der Waals surface area (Å²) in [5, 5.41) is 13.9. The van der Waals surface area contributed by atoms with Crippen molar-refractivity contribution in [1.29, 1.82) is 0 Å². The maximum atomic E-state index is 13.2. The van der Waals surface area contributed by atoms with Gasteiger partial charge in [-0.25, -0.2) is 4.68 Å². The van der Waals surface area contributed by atoms with Crippen LogP contribution in [0.2, 0.25) is 0 Å². The number of H-pyrrole nitrogens is 1. The molecule has 0 bridgehead atoms. The predicted octanol–water partition coefficient (Wildman–Crippen LogP) is 4.77. The van der Waals surface area contributed by atoms with Gasteiger partial charge in [0, 0.05) is 36.2 Å². The Bertz CT molecular complexity index is 1420. The second kappa shape index (κ2) is 10.9. The SMILES string of the molecule is CC[C@@H](c1nnnn1C[C@@H]1CCCO1)N(Cc1ccc(C)cc1)Cc1cc2c(C)cc(C)cc2[nH]c1=O. The van der Waals surface area contributed by atoms with Crippen LogP contribution in [0.1, 0.15) is 65.9 Å². The maximum absolute atomic E-state index is 13.2. The van der Waals surface area contributed by atoms with Crippen molar-refractivity contribution in [1.82, 2.24) is 30.1 Å². The van der Waals surface area contributed by atoms with Gasteiger partial charge in [0.25, 0.3) is 5.56 Å². The van der Waals surface area contributed by atoms with Gasteiger partial charge in [0.1, 0.15) is 0 Å². The highest BCUT2D eigenvalue weighted by atomic mass is 16.5. The number of hydrogen-bond donors (Lipinski definition) is 1. The van der Waals surface area contributed by atoms with Crippen LogP contribution in [0, 0.1) is 20.8 Å². The van der Waals surface area contributed by atoms with Crippen LogP contribution < -0.4 is 5.56 Å². The van der Waals surface area contributed by atoms with Gasteiger partial charge < -0.3 is 9.72 Å². The van der Waals surface area contributed by atoms with Gasteiger partial charge in [-0.3, -0.25) is 9.69 Å². The summed E-state index contributed by atoms with van der Waals surface area (Å²) in [5.41, 5.74) is 6.27. The summed E-state index contributed by atoms with van der Waals surface area (Å²) in [7, 11) is 0. The highest BCUT2D eigenvalue weighted by Gasteiger charge is 2.28. The summed E-state index contributed by atoms with van der Waals surface area (Å²) >= 11 is 0. The molecule has 1 fully saturated rings. The van der Waals surface area contributed by atoms with Crippen molar-refractivity contribution in [2.45, 2.75) is 78.7 Å². The van der Waals surface area contributed by atoms with Crippen LogP contribution in [0.4, 0.5) is 0 Å². The average molecular weight is 501 g/mol. The van der Waals surface area contributed by atoms with E-state index in [0.717, 1.165) is 59.3 Å². The van der Waals surface area contributed by atoms with E-state index in [4.69, 9.17) is 4.74 Å². The second-order valence-corrected chi connectivity index (χ2v) is 10.3. The molecule has 0 unspecified atom stereocenters. The molecule has 0 amide bonds. The van der Waals surface area contributed by atoms with Crippen molar-refractivity contribution in [3.8, 4) is 0 Å². The number of tetrazole rings is 1. The van der Waals surface area contributed by atoms with E-state index in [2.05, 4.69) is 83.4 Å². The van der Waals surface area contributed by atoms with Gasteiger partial charge in [0.15, 0.2) is 5.82 Å². The van der Waals surface area contributed by atoms with E-state index < -0.39 is 0 Å². The van der Waals surface area contributed by atoms with Gasteiger partial charge in [-0.15, -0.1) is 5.10 Å². The Balaban J connectivity index is 1.51. The van der Waals surface area contributed by atoms with Crippen molar-refractivity contribution in [3.63, 3.8) is 0 Å². The minimum Gasteiger partial charge on any atom is -0.376 e. The molecule has 3 heterocycles. The topological polar surface area (TPSA) is 88.9 Å². The first-order valence-electron chi connectivity index (χ1n) is 13.2. The molecule has 0 aliphatic carbocycles. The number of aromatic nitrogens is 5. The Morgan fingerprint density at radius 3 is 2.65 bits per heavy atom. The zero-order valence-electron chi connectivity index (χ0n) is 22.2. The van der Waals surface area contributed by atoms with Crippen molar-refractivity contribution >= 4 is 10.9 Å². The first-order chi connectivity index (χ1) is 17.9. The van der Waals surface area contributed by atoms with Crippen LogP contribution in [0.5, 0.6) is 0 Å². The van der Waals surface area contributed by atoms with Crippen LogP contribution in [0.25, 0.3) is 10.9 Å². The lowest BCUT2D eigenvalue weighted by Gasteiger charge is -2.30. The van der Waals surface area contributed by atoms with E-state index >= 15 is 0 Å². The lowest BCUT2D eigenvalue weighted by molar-refractivity contribution is 0.0888. The Hall–Kier alpha value is -3.36. The number of aromatic amines is 1. The fourth-order valence-corrected chi connectivity index (χ4v) is 5.42. The number of pyridine rings is 1. The van der Waals surface area contributed by atoms with Gasteiger partial charge in [0.05, 0.1) is 18.7 Å². The lowest BCUT2D eigenvalue weighted by Crippen LogP contribution is -2.33. The molecule has 2 aromatic carbocycles. The molecule has 2 atom stereocenters. The Kier molecular flexibility index (Phi) is 7.48. The molecule has 2 aromatic heterocycles. The van der Waals surface area contributed by atoms with Crippen LogP contribution in [0.15, 0.2) is 47.3 Å². The van der Waals surface area contributed by atoms with Crippen molar-refractivity contribution in [2.75, 3.05) is 6.61 Å². The highest BCUT2D eigenvalue weighted by Crippen LogP contribution is 2.28. The number of ether oxygens (including phenoxy) is 1. The number of rotatable bonds is 9. The van der Waals surface area contributed by atoms with Gasteiger partial charge in [0.2, 0.25) is 0 Å². The van der Waals surface area contributed by atoms with E-state index in [1.54, 1.807) is 0 Å². The Morgan fingerprint density at radius 2 is 1.92 bits per heavy atom. The minimum atomic E-state index is -0.0630. The number of fused-ring (bicyclic) bond motifs is 1. The summed E-state index contributed by atoms with van der Waals surface area (Å²) in [6.07, 6.45) is 3.04. The molecule has 4 aromatic rings. The molecule has 0 spiro atoms. The van der Waals surface area contributed by atoms with Crippen molar-refractivity contribution < 1.29 is 4.74 Å². The number of aryl methyl sites for hydroxylation is 3. The Labute approximate surface area is 217 Å². The van der Waals surface area contributed by atoms with Crippen LogP contribution in [-0.2, 0) is 24.4 Å². The van der Waals surface area contributed by atoms with Gasteiger partial charge >= 0.3 is 0 Å². The number of nitrogens with one attached hydrogen (secondary N) is 1. The maximum Gasteiger partial charge on any atom is 0.252 e. The largest absolute Gasteiger partial charge is 0.376 e. The summed E-state index contributed by atoms with van der Waals surface area (Å²) < 4.78 is 7.75. The van der Waals surface area contributed by atoms with Gasteiger partial charge in [-0.2, -0.15) is 0 Å². The first-order valence-corrected chi connectivity index (χ1v) is 13.2. The first kappa shape index (κ1) is 25.3. The number of nitrogens with zero attached hydrogens (tertiary/aromatic N) is 5. The highest BCUT2D eigenvalue weighted by molar-refractivity contribution is 5.83. The minimum absolute atomic E-state index is 0.0554. The van der Waals surface area contributed by atoms with Crippen LogP contribution >= 0.6 is 0 Å². The summed E-state index contributed by atoms with van der Waals surface area (Å²) in [5.74, 6) is 0.814. The third-order valence-corrected chi connectivity index (χ3v) is 7.35. The number of benzene rings is 2. The molecule has 194 valence electrons. The lowest BCUT2D eigenvalue weighted by atomic mass is 10.0. The predicted molar refractivity (Wildman–Crippen MR) is 144 cm³/mol. The van der Waals surface area contributed by atoms with Crippen LogP contribution in [-0.4, -0.2) is 42.8 Å². The molecule has 0 saturated carbocycles. The molecule has 37 heavy (non-hydrogen) atoms. The zero-order valence-corrected chi connectivity index (χ0v) is 22.2. The molecule has 1 saturated heterocycles. The second-order valence-electron chi connectivity index (χ2n) is 10.3. The molecule has 1 N–H and O–H groups in total. The number of hydrogen-bond acceptors (Lipinski definition) is 6. The summed E-state index contributed by atoms with van der Waals surface area (Å²) in [6, 6.07) is 14.7. The average Bonchev–Trinajstić information content (AvgIpc) is 3.55. The molecule has 5 rings (SSSR count). The third kappa shape index (κ3) is 5.65. The molecule has 1 aliphatic rings. The van der Waals surface area contributed by atoms with E-state index in [-0.39, 0.29) is 17.7 Å². The summed E-state index contributed by atoms with van der Waals surface area (Å²) in [4.78, 5) is 18.7. The standard InChI is InChI=1S/C29H36N6O2/c1-5-27(28-31-32-33-35(28)18-24-7-6-12-37-24)34(16-22-10-8-19(2)9-11-22)17-23-15-25-21(4)13-20(3)14-26(25)30-29(23)36/h8-11,13-15,24,27H,5-7,12,16-18H2,1-4H3,(H,30,36)/t24-,27-/m0/s1. The quantitative estimate of drug-likeness (QED) is 0.356. The van der Waals surface area contributed by atoms with E-state index in [1.807, 2.05) is 16.8 Å². The Morgan fingerprint density at radius 1 is 1.11 bits per heavy atom. The molecule has 8 nitrogen and oxygen atoms in total. The normalized spacial score (nSPS) is 16.6. The van der Waals surface area contributed by atoms with Crippen molar-refractivity contribution in [2.24, 2.45) is 0 Å². The third-order valence-electron chi connectivity index (χ3n) is 7.35. The smallest absolute Gasteiger partial charge is 0.252 e. The molecule has 8 heteroatoms. The fourth-order valence-electron chi connectivity index (χ4n) is 5.42.